The molecule has 1 amide bonds. The van der Waals surface area contributed by atoms with Crippen molar-refractivity contribution in [2.45, 2.75) is 11.1 Å². The van der Waals surface area contributed by atoms with Gasteiger partial charge in [0.25, 0.3) is 5.91 Å². The molecule has 3 aromatic carbocycles. The third kappa shape index (κ3) is 5.31. The van der Waals surface area contributed by atoms with Crippen molar-refractivity contribution in [3.05, 3.63) is 77.6 Å². The van der Waals surface area contributed by atoms with Gasteiger partial charge in [-0.2, -0.15) is 13.2 Å². The Morgan fingerprint density at radius 1 is 1.06 bits per heavy atom. The van der Waals surface area contributed by atoms with E-state index >= 15 is 0 Å². The van der Waals surface area contributed by atoms with Crippen molar-refractivity contribution in [1.82, 2.24) is 0 Å². The van der Waals surface area contributed by atoms with Gasteiger partial charge in [0.05, 0.1) is 29.6 Å². The molecule has 0 fully saturated rings. The summed E-state index contributed by atoms with van der Waals surface area (Å²) >= 11 is -1.80. The number of anilines is 1. The molecule has 3 N–H and O–H groups in total. The Bertz CT molecular complexity index is 1140. The minimum atomic E-state index is -4.71. The van der Waals surface area contributed by atoms with E-state index in [1.807, 2.05) is 0 Å². The van der Waals surface area contributed by atoms with E-state index in [2.05, 4.69) is 5.32 Å². The monoisotopic (exact) mass is 468 g/mol. The predicted octanol–water partition coefficient (Wildman–Crippen LogP) is 4.88. The summed E-state index contributed by atoms with van der Waals surface area (Å²) in [6, 6.07) is 11.7. The summed E-state index contributed by atoms with van der Waals surface area (Å²) < 4.78 is 75.5. The smallest absolute Gasteiger partial charge is 0.416 e. The second kappa shape index (κ2) is 9.47. The molecular formula is C21H16F4N2O4S. The molecule has 32 heavy (non-hydrogen) atoms. The Labute approximate surface area is 183 Å². The van der Waals surface area contributed by atoms with Crippen molar-refractivity contribution in [3.8, 4) is 17.2 Å². The summed E-state index contributed by atoms with van der Waals surface area (Å²) in [6.07, 6.45) is -4.71. The highest BCUT2D eigenvalue weighted by Crippen LogP contribution is 2.38. The Morgan fingerprint density at radius 3 is 2.44 bits per heavy atom. The zero-order chi connectivity index (χ0) is 23.5. The Kier molecular flexibility index (Phi) is 6.92. The largest absolute Gasteiger partial charge is 0.593 e. The van der Waals surface area contributed by atoms with Crippen LogP contribution in [0.5, 0.6) is 17.2 Å². The van der Waals surface area contributed by atoms with Crippen LogP contribution in [0.2, 0.25) is 0 Å². The fourth-order valence-corrected chi connectivity index (χ4v) is 3.21. The van der Waals surface area contributed by atoms with Crippen LogP contribution in [-0.2, 0) is 17.5 Å². The minimum absolute atomic E-state index is 0.209. The van der Waals surface area contributed by atoms with Gasteiger partial charge in [0.2, 0.25) is 0 Å². The number of rotatable bonds is 6. The average Bonchev–Trinajstić information content (AvgIpc) is 2.73. The molecule has 0 aliphatic carbocycles. The van der Waals surface area contributed by atoms with Gasteiger partial charge in [-0.1, -0.05) is 12.1 Å². The average molecular weight is 468 g/mol. The number of hydrogen-bond donors (Lipinski definition) is 2. The molecule has 0 bridgehead atoms. The number of carbonyl (C=O) groups is 1. The van der Waals surface area contributed by atoms with Crippen molar-refractivity contribution in [2.24, 2.45) is 5.14 Å². The Hall–Kier alpha value is -3.28. The van der Waals surface area contributed by atoms with Crippen LogP contribution in [0.25, 0.3) is 0 Å². The van der Waals surface area contributed by atoms with E-state index in [4.69, 9.17) is 14.6 Å². The van der Waals surface area contributed by atoms with Crippen LogP contribution in [0.15, 0.2) is 65.6 Å². The Balaban J connectivity index is 2.01. The van der Waals surface area contributed by atoms with Gasteiger partial charge in [0.15, 0.2) is 22.2 Å². The lowest BCUT2D eigenvalue weighted by molar-refractivity contribution is -0.137. The zero-order valence-corrected chi connectivity index (χ0v) is 17.2. The number of nitrogens with two attached hydrogens (primary N) is 1. The summed E-state index contributed by atoms with van der Waals surface area (Å²) in [5, 5.41) is 7.80. The van der Waals surface area contributed by atoms with E-state index in [1.54, 1.807) is 0 Å². The van der Waals surface area contributed by atoms with E-state index in [0.29, 0.717) is 6.07 Å². The van der Waals surface area contributed by atoms with Gasteiger partial charge in [-0.05, 0) is 42.5 Å². The number of hydrogen-bond acceptors (Lipinski definition) is 5. The van der Waals surface area contributed by atoms with Crippen LogP contribution in [0.4, 0.5) is 23.2 Å². The summed E-state index contributed by atoms with van der Waals surface area (Å²) in [7, 11) is 1.17. The van der Waals surface area contributed by atoms with E-state index in [0.717, 1.165) is 18.2 Å². The summed E-state index contributed by atoms with van der Waals surface area (Å²) in [6.45, 7) is 0. The first-order chi connectivity index (χ1) is 15.1. The summed E-state index contributed by atoms with van der Waals surface area (Å²) in [5.74, 6) is -2.64. The molecule has 0 heterocycles. The summed E-state index contributed by atoms with van der Waals surface area (Å²) in [5.41, 5.74) is -1.12. The van der Waals surface area contributed by atoms with Crippen LogP contribution in [0.1, 0.15) is 15.9 Å². The van der Waals surface area contributed by atoms with Crippen LogP contribution in [-0.4, -0.2) is 17.6 Å². The molecule has 1 unspecified atom stereocenters. The van der Waals surface area contributed by atoms with Crippen molar-refractivity contribution in [3.63, 3.8) is 0 Å². The lowest BCUT2D eigenvalue weighted by Crippen LogP contribution is -2.16. The topological polar surface area (TPSA) is 96.6 Å². The maximum Gasteiger partial charge on any atom is 0.416 e. The van der Waals surface area contributed by atoms with Crippen molar-refractivity contribution < 1.29 is 36.4 Å². The first-order valence-electron chi connectivity index (χ1n) is 8.89. The third-order valence-corrected chi connectivity index (χ3v) is 4.95. The normalized spacial score (nSPS) is 12.2. The number of para-hydroxylation sites is 1. The molecule has 11 heteroatoms. The lowest BCUT2D eigenvalue weighted by atomic mass is 10.1. The van der Waals surface area contributed by atoms with Gasteiger partial charge in [0, 0.05) is 11.8 Å². The molecule has 0 saturated heterocycles. The fourth-order valence-electron chi connectivity index (χ4n) is 2.75. The first-order valence-corrected chi connectivity index (χ1v) is 10.1. The van der Waals surface area contributed by atoms with Crippen molar-refractivity contribution in [1.29, 1.82) is 0 Å². The van der Waals surface area contributed by atoms with Crippen LogP contribution in [0.3, 0.4) is 0 Å². The van der Waals surface area contributed by atoms with Crippen LogP contribution in [0, 0.1) is 5.82 Å². The second-order valence-corrected chi connectivity index (χ2v) is 7.43. The molecule has 3 rings (SSSR count). The van der Waals surface area contributed by atoms with Gasteiger partial charge in [-0.25, -0.2) is 4.39 Å². The van der Waals surface area contributed by atoms with Crippen molar-refractivity contribution in [2.75, 3.05) is 12.4 Å². The highest BCUT2D eigenvalue weighted by molar-refractivity contribution is 7.89. The molecule has 6 nitrogen and oxygen atoms in total. The summed E-state index contributed by atoms with van der Waals surface area (Å²) in [4.78, 5) is 13.0. The van der Waals surface area contributed by atoms with E-state index in [-0.39, 0.29) is 27.6 Å². The van der Waals surface area contributed by atoms with Crippen LogP contribution >= 0.6 is 0 Å². The highest BCUT2D eigenvalue weighted by atomic mass is 32.2. The molecule has 1 atom stereocenters. The maximum absolute atomic E-state index is 14.0. The molecule has 0 spiro atoms. The molecule has 0 radical (unpaired) electrons. The number of carbonyl (C=O) groups excluding carboxylic acids is 1. The van der Waals surface area contributed by atoms with Gasteiger partial charge >= 0.3 is 6.18 Å². The number of halogens is 4. The van der Waals surface area contributed by atoms with Gasteiger partial charge in [0.1, 0.15) is 5.75 Å². The van der Waals surface area contributed by atoms with Crippen LogP contribution < -0.4 is 19.9 Å². The SMILES string of the molecule is COc1c(F)cccc1Oc1cc(C(F)(F)F)ccc1C(=O)Nc1cccc([S+](N)[O-])c1. The minimum Gasteiger partial charge on any atom is -0.593 e. The molecule has 168 valence electrons. The van der Waals surface area contributed by atoms with Gasteiger partial charge in [-0.3, -0.25) is 4.79 Å². The van der Waals surface area contributed by atoms with E-state index < -0.39 is 40.6 Å². The number of amides is 1. The molecule has 0 aliphatic rings. The van der Waals surface area contributed by atoms with Gasteiger partial charge in [-0.15, -0.1) is 5.14 Å². The molecular weight excluding hydrogens is 452 g/mol. The molecule has 0 saturated carbocycles. The van der Waals surface area contributed by atoms with Crippen molar-refractivity contribution >= 4 is 23.0 Å². The molecule has 0 aliphatic heterocycles. The maximum atomic E-state index is 14.0. The van der Waals surface area contributed by atoms with E-state index in [1.165, 1.54) is 43.5 Å². The standard InChI is InChI=1S/C21H16F4N2O4S/c1-30-19-16(22)6-3-7-17(19)31-18-10-12(21(23,24)25)8-9-15(18)20(28)27-13-4-2-5-14(11-13)32(26)29/h2-11H,26H2,1H3,(H,27,28). The Morgan fingerprint density at radius 2 is 1.78 bits per heavy atom. The number of ether oxygens (including phenoxy) is 2. The van der Waals surface area contributed by atoms with E-state index in [9.17, 15) is 26.9 Å². The fraction of sp³-hybridized carbons (Fsp3) is 0.0952. The number of benzene rings is 3. The zero-order valence-electron chi connectivity index (χ0n) is 16.4. The molecule has 3 aromatic rings. The molecule has 0 aromatic heterocycles. The van der Waals surface area contributed by atoms with Gasteiger partial charge < -0.3 is 19.3 Å². The third-order valence-electron chi connectivity index (χ3n) is 4.23. The highest BCUT2D eigenvalue weighted by Gasteiger charge is 2.32. The number of alkyl halides is 3. The first kappa shape index (κ1) is 23.4. The lowest BCUT2D eigenvalue weighted by Gasteiger charge is -2.16. The number of nitrogens with one attached hydrogen (secondary N) is 1. The predicted molar refractivity (Wildman–Crippen MR) is 109 cm³/mol. The second-order valence-electron chi connectivity index (χ2n) is 6.36. The number of methoxy groups -OCH3 is 1. The quantitative estimate of drug-likeness (QED) is 0.397.